The van der Waals surface area contributed by atoms with Crippen molar-refractivity contribution in [2.45, 2.75) is 6.92 Å². The molecule has 0 saturated carbocycles. The number of nitrogens with one attached hydrogen (secondary N) is 1. The van der Waals surface area contributed by atoms with Gasteiger partial charge in [0.2, 0.25) is 5.91 Å². The second-order valence-corrected chi connectivity index (χ2v) is 4.90. The van der Waals surface area contributed by atoms with Gasteiger partial charge in [0.25, 0.3) is 5.91 Å². The molecule has 16 heavy (non-hydrogen) atoms. The Morgan fingerprint density at radius 2 is 2.38 bits per heavy atom. The van der Waals surface area contributed by atoms with Gasteiger partial charge in [-0.1, -0.05) is 11.6 Å². The van der Waals surface area contributed by atoms with Crippen LogP contribution in [0.2, 0.25) is 5.02 Å². The lowest BCUT2D eigenvalue weighted by molar-refractivity contribution is -0.123. The third-order valence-corrected chi connectivity index (χ3v) is 4.10. The van der Waals surface area contributed by atoms with E-state index in [2.05, 4.69) is 5.32 Å². The van der Waals surface area contributed by atoms with Crippen LogP contribution in [0.3, 0.4) is 0 Å². The molecular weight excluding hydrogens is 248 g/mol. The van der Waals surface area contributed by atoms with E-state index in [1.165, 1.54) is 16.2 Å². The van der Waals surface area contributed by atoms with Gasteiger partial charge in [-0.15, -0.1) is 11.3 Å². The van der Waals surface area contributed by atoms with Crippen molar-refractivity contribution in [2.75, 3.05) is 19.6 Å². The van der Waals surface area contributed by atoms with Crippen molar-refractivity contribution in [1.82, 2.24) is 10.2 Å². The molecule has 86 valence electrons. The molecule has 1 aromatic heterocycles. The van der Waals surface area contributed by atoms with Crippen molar-refractivity contribution < 1.29 is 9.59 Å². The number of halogens is 1. The molecular formula is C10H11ClN2O2S. The number of thiophene rings is 1. The van der Waals surface area contributed by atoms with Crippen LogP contribution in [-0.4, -0.2) is 36.3 Å². The van der Waals surface area contributed by atoms with Crippen LogP contribution < -0.4 is 5.32 Å². The highest BCUT2D eigenvalue weighted by molar-refractivity contribution is 7.13. The molecule has 1 aliphatic rings. The summed E-state index contributed by atoms with van der Waals surface area (Å²) in [5.74, 6) is -0.276. The number of carbonyl (C=O) groups excluding carboxylic acids is 2. The normalized spacial score (nSPS) is 16.1. The molecule has 2 heterocycles. The number of carbonyl (C=O) groups is 2. The summed E-state index contributed by atoms with van der Waals surface area (Å²) in [6, 6.07) is 0. The van der Waals surface area contributed by atoms with Gasteiger partial charge in [-0.25, -0.2) is 0 Å². The Hall–Kier alpha value is -1.07. The smallest absolute Gasteiger partial charge is 0.265 e. The Labute approximate surface area is 102 Å². The van der Waals surface area contributed by atoms with Gasteiger partial charge in [0.1, 0.15) is 4.88 Å². The maximum absolute atomic E-state index is 12.1. The van der Waals surface area contributed by atoms with Gasteiger partial charge >= 0.3 is 0 Å². The first-order chi connectivity index (χ1) is 7.59. The summed E-state index contributed by atoms with van der Waals surface area (Å²) in [7, 11) is 0. The van der Waals surface area contributed by atoms with E-state index in [0.29, 0.717) is 23.0 Å². The lowest BCUT2D eigenvalue weighted by Crippen LogP contribution is -2.49. The number of hydrogen-bond acceptors (Lipinski definition) is 3. The molecule has 0 aliphatic carbocycles. The minimum absolute atomic E-state index is 0.117. The van der Waals surface area contributed by atoms with Crippen LogP contribution in [0.1, 0.15) is 15.2 Å². The van der Waals surface area contributed by atoms with Gasteiger partial charge in [-0.3, -0.25) is 9.59 Å². The van der Waals surface area contributed by atoms with Crippen molar-refractivity contribution in [3.05, 3.63) is 20.8 Å². The Balaban J connectivity index is 2.18. The van der Waals surface area contributed by atoms with Gasteiger partial charge in [-0.2, -0.15) is 0 Å². The fourth-order valence-electron chi connectivity index (χ4n) is 1.53. The average Bonchev–Trinajstić information content (AvgIpc) is 2.59. The number of amides is 2. The molecule has 2 rings (SSSR count). The number of aryl methyl sites for hydroxylation is 1. The first-order valence-corrected chi connectivity index (χ1v) is 6.15. The molecule has 1 aromatic rings. The Kier molecular flexibility index (Phi) is 3.16. The number of rotatable bonds is 1. The zero-order valence-corrected chi connectivity index (χ0v) is 10.3. The quantitative estimate of drug-likeness (QED) is 0.825. The number of piperazine rings is 1. The van der Waals surface area contributed by atoms with Crippen LogP contribution in [-0.2, 0) is 4.79 Å². The molecule has 0 spiro atoms. The third kappa shape index (κ3) is 2.05. The molecule has 1 aliphatic heterocycles. The fraction of sp³-hybridized carbons (Fsp3) is 0.400. The van der Waals surface area contributed by atoms with Crippen LogP contribution in [0, 0.1) is 6.92 Å². The van der Waals surface area contributed by atoms with E-state index in [4.69, 9.17) is 11.6 Å². The maximum atomic E-state index is 12.1. The highest BCUT2D eigenvalue weighted by Gasteiger charge is 2.25. The summed E-state index contributed by atoms with van der Waals surface area (Å²) in [6.45, 7) is 3.02. The zero-order valence-electron chi connectivity index (χ0n) is 8.75. The Bertz CT molecular complexity index is 444. The lowest BCUT2D eigenvalue weighted by atomic mass is 10.3. The van der Waals surface area contributed by atoms with E-state index in [0.717, 1.165) is 5.56 Å². The van der Waals surface area contributed by atoms with E-state index in [1.54, 1.807) is 0 Å². The summed E-state index contributed by atoms with van der Waals surface area (Å²) in [5.41, 5.74) is 0.900. The largest absolute Gasteiger partial charge is 0.353 e. The molecule has 0 atom stereocenters. The average molecular weight is 259 g/mol. The molecule has 0 radical (unpaired) electrons. The van der Waals surface area contributed by atoms with Gasteiger partial charge < -0.3 is 10.2 Å². The predicted molar refractivity (Wildman–Crippen MR) is 63.0 cm³/mol. The van der Waals surface area contributed by atoms with Crippen LogP contribution in [0.5, 0.6) is 0 Å². The molecule has 6 heteroatoms. The van der Waals surface area contributed by atoms with Gasteiger partial charge in [-0.05, 0) is 17.9 Å². The summed E-state index contributed by atoms with van der Waals surface area (Å²) in [4.78, 5) is 25.3. The molecule has 1 fully saturated rings. The summed E-state index contributed by atoms with van der Waals surface area (Å²) < 4.78 is 0. The number of nitrogens with zero attached hydrogens (tertiary/aromatic N) is 1. The van der Waals surface area contributed by atoms with Crippen molar-refractivity contribution in [3.63, 3.8) is 0 Å². The SMILES string of the molecule is Cc1csc(C(=O)N2CCNC(=O)C2)c1Cl. The molecule has 0 bridgehead atoms. The third-order valence-electron chi connectivity index (χ3n) is 2.42. The predicted octanol–water partition coefficient (Wildman–Crippen LogP) is 1.28. The topological polar surface area (TPSA) is 49.4 Å². The van der Waals surface area contributed by atoms with Crippen LogP contribution in [0.25, 0.3) is 0 Å². The van der Waals surface area contributed by atoms with E-state index >= 15 is 0 Å². The van der Waals surface area contributed by atoms with Crippen LogP contribution in [0.15, 0.2) is 5.38 Å². The fourth-order valence-corrected chi connectivity index (χ4v) is 2.77. The Morgan fingerprint density at radius 1 is 1.62 bits per heavy atom. The molecule has 0 unspecified atom stereocenters. The van der Waals surface area contributed by atoms with Crippen molar-refractivity contribution in [3.8, 4) is 0 Å². The van der Waals surface area contributed by atoms with Crippen molar-refractivity contribution >= 4 is 34.8 Å². The van der Waals surface area contributed by atoms with Crippen LogP contribution >= 0.6 is 22.9 Å². The first kappa shape index (κ1) is 11.4. The molecule has 0 aromatic carbocycles. The summed E-state index contributed by atoms with van der Waals surface area (Å²) in [6.07, 6.45) is 0. The van der Waals surface area contributed by atoms with Gasteiger partial charge in [0.15, 0.2) is 0 Å². The monoisotopic (exact) mass is 258 g/mol. The number of hydrogen-bond donors (Lipinski definition) is 1. The van der Waals surface area contributed by atoms with Crippen LogP contribution in [0.4, 0.5) is 0 Å². The zero-order chi connectivity index (χ0) is 11.7. The summed E-state index contributed by atoms with van der Waals surface area (Å²) >= 11 is 7.35. The highest BCUT2D eigenvalue weighted by Crippen LogP contribution is 2.28. The summed E-state index contributed by atoms with van der Waals surface area (Å²) in [5, 5.41) is 5.02. The van der Waals surface area contributed by atoms with Crippen molar-refractivity contribution in [1.29, 1.82) is 0 Å². The lowest BCUT2D eigenvalue weighted by Gasteiger charge is -2.26. The molecule has 1 N–H and O–H groups in total. The Morgan fingerprint density at radius 3 is 2.94 bits per heavy atom. The minimum atomic E-state index is -0.155. The maximum Gasteiger partial charge on any atom is 0.265 e. The van der Waals surface area contributed by atoms with E-state index in [9.17, 15) is 9.59 Å². The highest BCUT2D eigenvalue weighted by atomic mass is 35.5. The van der Waals surface area contributed by atoms with E-state index in [-0.39, 0.29) is 18.4 Å². The molecule has 4 nitrogen and oxygen atoms in total. The second kappa shape index (κ2) is 4.43. The molecule has 2 amide bonds. The first-order valence-electron chi connectivity index (χ1n) is 4.89. The van der Waals surface area contributed by atoms with E-state index in [1.807, 2.05) is 12.3 Å². The van der Waals surface area contributed by atoms with Gasteiger partial charge in [0, 0.05) is 13.1 Å². The standard InChI is InChI=1S/C10H11ClN2O2S/c1-6-5-16-9(8(6)11)10(15)13-3-2-12-7(14)4-13/h5H,2-4H2,1H3,(H,12,14). The minimum Gasteiger partial charge on any atom is -0.353 e. The van der Waals surface area contributed by atoms with Crippen molar-refractivity contribution in [2.24, 2.45) is 0 Å². The van der Waals surface area contributed by atoms with E-state index < -0.39 is 0 Å². The van der Waals surface area contributed by atoms with Gasteiger partial charge in [0.05, 0.1) is 11.6 Å². The molecule has 1 saturated heterocycles. The second-order valence-electron chi connectivity index (χ2n) is 3.64.